The summed E-state index contributed by atoms with van der Waals surface area (Å²) >= 11 is 0. The molecule has 2 aromatic carbocycles. The third kappa shape index (κ3) is 4.14. The highest BCUT2D eigenvalue weighted by molar-refractivity contribution is 5.97. The minimum Gasteiger partial charge on any atom is -0.358 e. The number of anilines is 1. The Kier molecular flexibility index (Phi) is 5.58. The molecular weight excluding hydrogens is 319 g/mol. The SMILES string of the molecule is N#C/C(=C/Nc1ccc(F)c(F)c1F)C(=O)NCc1ccccc1. The van der Waals surface area contributed by atoms with E-state index in [4.69, 9.17) is 5.26 Å². The van der Waals surface area contributed by atoms with Crippen molar-refractivity contribution in [3.8, 4) is 6.07 Å². The van der Waals surface area contributed by atoms with Crippen LogP contribution in [0, 0.1) is 28.8 Å². The van der Waals surface area contributed by atoms with E-state index in [0.29, 0.717) is 0 Å². The molecule has 0 atom stereocenters. The van der Waals surface area contributed by atoms with Gasteiger partial charge in [0.1, 0.15) is 11.6 Å². The van der Waals surface area contributed by atoms with Crippen molar-refractivity contribution in [1.29, 1.82) is 5.26 Å². The molecule has 0 fully saturated rings. The Morgan fingerprint density at radius 2 is 1.79 bits per heavy atom. The van der Waals surface area contributed by atoms with Gasteiger partial charge in [-0.05, 0) is 17.7 Å². The molecular formula is C17H12F3N3O. The molecule has 0 aliphatic rings. The quantitative estimate of drug-likeness (QED) is 0.502. The van der Waals surface area contributed by atoms with Crippen molar-refractivity contribution in [2.45, 2.75) is 6.54 Å². The van der Waals surface area contributed by atoms with Gasteiger partial charge >= 0.3 is 0 Å². The van der Waals surface area contributed by atoms with Crippen LogP contribution in [0.2, 0.25) is 0 Å². The zero-order valence-electron chi connectivity index (χ0n) is 12.3. The molecule has 2 rings (SSSR count). The largest absolute Gasteiger partial charge is 0.358 e. The lowest BCUT2D eigenvalue weighted by Gasteiger charge is -2.06. The molecule has 0 radical (unpaired) electrons. The van der Waals surface area contributed by atoms with Crippen molar-refractivity contribution in [2.75, 3.05) is 5.32 Å². The number of benzene rings is 2. The predicted octanol–water partition coefficient (Wildman–Crippen LogP) is 3.24. The Morgan fingerprint density at radius 3 is 2.46 bits per heavy atom. The number of nitrogens with one attached hydrogen (secondary N) is 2. The van der Waals surface area contributed by atoms with Crippen LogP contribution in [0.5, 0.6) is 0 Å². The van der Waals surface area contributed by atoms with Crippen LogP contribution in [0.3, 0.4) is 0 Å². The van der Waals surface area contributed by atoms with Crippen molar-refractivity contribution in [1.82, 2.24) is 5.32 Å². The fraction of sp³-hybridized carbons (Fsp3) is 0.0588. The van der Waals surface area contributed by atoms with Crippen LogP contribution < -0.4 is 10.6 Å². The number of nitrogens with zero attached hydrogens (tertiary/aromatic N) is 1. The topological polar surface area (TPSA) is 64.9 Å². The Labute approximate surface area is 136 Å². The van der Waals surface area contributed by atoms with Gasteiger partial charge in [0.2, 0.25) is 0 Å². The minimum atomic E-state index is -1.64. The molecule has 122 valence electrons. The van der Waals surface area contributed by atoms with Gasteiger partial charge in [0.25, 0.3) is 5.91 Å². The van der Waals surface area contributed by atoms with Crippen LogP contribution in [0.25, 0.3) is 0 Å². The summed E-state index contributed by atoms with van der Waals surface area (Å²) in [6, 6.07) is 12.4. The molecule has 24 heavy (non-hydrogen) atoms. The van der Waals surface area contributed by atoms with Crippen LogP contribution in [-0.2, 0) is 11.3 Å². The van der Waals surface area contributed by atoms with E-state index in [1.54, 1.807) is 30.3 Å². The van der Waals surface area contributed by atoms with Crippen LogP contribution in [0.4, 0.5) is 18.9 Å². The van der Waals surface area contributed by atoms with Crippen LogP contribution in [-0.4, -0.2) is 5.91 Å². The summed E-state index contributed by atoms with van der Waals surface area (Å²) < 4.78 is 39.4. The van der Waals surface area contributed by atoms with E-state index in [0.717, 1.165) is 23.9 Å². The maximum absolute atomic E-state index is 13.5. The summed E-state index contributed by atoms with van der Waals surface area (Å²) in [5, 5.41) is 13.8. The minimum absolute atomic E-state index is 0.207. The molecule has 0 saturated carbocycles. The average Bonchev–Trinajstić information content (AvgIpc) is 2.61. The first kappa shape index (κ1) is 17.1. The standard InChI is InChI=1S/C17H12F3N3O/c18-13-6-7-14(16(20)15(13)19)22-10-12(8-21)17(24)23-9-11-4-2-1-3-5-11/h1-7,10,22H,9H2,(H,23,24)/b12-10-. The third-order valence-electron chi connectivity index (χ3n) is 3.07. The van der Waals surface area contributed by atoms with E-state index >= 15 is 0 Å². The Bertz CT molecular complexity index is 814. The Hall–Kier alpha value is -3.27. The second-order valence-electron chi connectivity index (χ2n) is 4.71. The van der Waals surface area contributed by atoms with Crippen LogP contribution in [0.15, 0.2) is 54.2 Å². The maximum atomic E-state index is 13.5. The first-order valence-electron chi connectivity index (χ1n) is 6.85. The molecule has 0 aliphatic carbocycles. The summed E-state index contributed by atoms with van der Waals surface area (Å²) in [7, 11) is 0. The maximum Gasteiger partial charge on any atom is 0.263 e. The Balaban J connectivity index is 2.05. The van der Waals surface area contributed by atoms with Gasteiger partial charge in [-0.15, -0.1) is 0 Å². The van der Waals surface area contributed by atoms with Crippen molar-refractivity contribution in [3.63, 3.8) is 0 Å². The highest BCUT2D eigenvalue weighted by Crippen LogP contribution is 2.19. The Morgan fingerprint density at radius 1 is 1.08 bits per heavy atom. The fourth-order valence-corrected chi connectivity index (χ4v) is 1.81. The molecule has 1 amide bonds. The lowest BCUT2D eigenvalue weighted by Crippen LogP contribution is -2.24. The van der Waals surface area contributed by atoms with E-state index in [1.807, 2.05) is 6.07 Å². The van der Waals surface area contributed by atoms with Crippen molar-refractivity contribution in [3.05, 3.63) is 77.3 Å². The van der Waals surface area contributed by atoms with Gasteiger partial charge in [-0.3, -0.25) is 4.79 Å². The van der Waals surface area contributed by atoms with E-state index in [-0.39, 0.29) is 12.1 Å². The van der Waals surface area contributed by atoms with Gasteiger partial charge in [-0.2, -0.15) is 5.26 Å². The number of carbonyl (C=O) groups excluding carboxylic acids is 1. The first-order valence-corrected chi connectivity index (χ1v) is 6.85. The van der Waals surface area contributed by atoms with Gasteiger partial charge in [-0.1, -0.05) is 30.3 Å². The molecule has 0 aliphatic heterocycles. The summed E-state index contributed by atoms with van der Waals surface area (Å²) in [5.41, 5.74) is 0.107. The molecule has 0 aromatic heterocycles. The van der Waals surface area contributed by atoms with Crippen molar-refractivity contribution >= 4 is 11.6 Å². The van der Waals surface area contributed by atoms with E-state index in [9.17, 15) is 18.0 Å². The number of carbonyl (C=O) groups is 1. The molecule has 7 heteroatoms. The summed E-state index contributed by atoms with van der Waals surface area (Å²) in [4.78, 5) is 11.9. The molecule has 0 unspecified atom stereocenters. The zero-order valence-corrected chi connectivity index (χ0v) is 12.3. The normalized spacial score (nSPS) is 10.8. The number of hydrogen-bond donors (Lipinski definition) is 2. The average molecular weight is 331 g/mol. The molecule has 0 saturated heterocycles. The van der Waals surface area contributed by atoms with Gasteiger partial charge in [0.15, 0.2) is 17.5 Å². The van der Waals surface area contributed by atoms with Crippen LogP contribution in [0.1, 0.15) is 5.56 Å². The number of hydrogen-bond acceptors (Lipinski definition) is 3. The first-order chi connectivity index (χ1) is 11.5. The molecule has 4 nitrogen and oxygen atoms in total. The van der Waals surface area contributed by atoms with E-state index in [2.05, 4.69) is 10.6 Å². The van der Waals surface area contributed by atoms with Gasteiger partial charge < -0.3 is 10.6 Å². The number of rotatable bonds is 5. The molecule has 2 N–H and O–H groups in total. The van der Waals surface area contributed by atoms with E-state index in [1.165, 1.54) is 0 Å². The smallest absolute Gasteiger partial charge is 0.263 e. The number of halogens is 3. The summed E-state index contributed by atoms with van der Waals surface area (Å²) in [6.07, 6.45) is 0.927. The van der Waals surface area contributed by atoms with Crippen LogP contribution >= 0.6 is 0 Å². The highest BCUT2D eigenvalue weighted by Gasteiger charge is 2.14. The van der Waals surface area contributed by atoms with Gasteiger partial charge in [-0.25, -0.2) is 13.2 Å². The molecule has 0 spiro atoms. The second kappa shape index (κ2) is 7.83. The van der Waals surface area contributed by atoms with Gasteiger partial charge in [0, 0.05) is 12.7 Å². The predicted molar refractivity (Wildman–Crippen MR) is 81.9 cm³/mol. The number of nitriles is 1. The summed E-state index contributed by atoms with van der Waals surface area (Å²) in [6.45, 7) is 0.207. The van der Waals surface area contributed by atoms with Crippen molar-refractivity contribution < 1.29 is 18.0 Å². The number of amides is 1. The molecule has 0 heterocycles. The van der Waals surface area contributed by atoms with Gasteiger partial charge in [0.05, 0.1) is 5.69 Å². The monoisotopic (exact) mass is 331 g/mol. The molecule has 2 aromatic rings. The third-order valence-corrected chi connectivity index (χ3v) is 3.07. The second-order valence-corrected chi connectivity index (χ2v) is 4.71. The lowest BCUT2D eigenvalue weighted by molar-refractivity contribution is -0.117. The highest BCUT2D eigenvalue weighted by atomic mass is 19.2. The van der Waals surface area contributed by atoms with Crippen molar-refractivity contribution in [2.24, 2.45) is 0 Å². The molecule has 0 bridgehead atoms. The zero-order chi connectivity index (χ0) is 17.5. The lowest BCUT2D eigenvalue weighted by atomic mass is 10.2. The van der Waals surface area contributed by atoms with E-state index < -0.39 is 29.0 Å². The fourth-order valence-electron chi connectivity index (χ4n) is 1.81. The summed E-state index contributed by atoms with van der Waals surface area (Å²) in [5.74, 6) is -5.09.